The molecule has 4 rings (SSSR count). The number of hydrogen-bond acceptors (Lipinski definition) is 4. The number of nitrogens with zero attached hydrogens (tertiary/aromatic N) is 2. The van der Waals surface area contributed by atoms with Gasteiger partial charge in [-0.15, -0.1) is 0 Å². The maximum Gasteiger partial charge on any atom is 0.264 e. The normalized spacial score (nSPS) is 11.9. The number of hydrogen-bond donors (Lipinski definition) is 1. The Labute approximate surface area is 242 Å². The van der Waals surface area contributed by atoms with Crippen LogP contribution in [0.25, 0.3) is 0 Å². The van der Waals surface area contributed by atoms with E-state index >= 15 is 0 Å². The molecule has 1 N–H and O–H groups in total. The van der Waals surface area contributed by atoms with Crippen molar-refractivity contribution in [3.63, 3.8) is 0 Å². The van der Waals surface area contributed by atoms with Gasteiger partial charge in [-0.2, -0.15) is 0 Å². The van der Waals surface area contributed by atoms with Gasteiger partial charge in [0.05, 0.1) is 10.6 Å². The van der Waals surface area contributed by atoms with Crippen LogP contribution in [0.3, 0.4) is 0 Å². The number of nitrogens with one attached hydrogen (secondary N) is 1. The van der Waals surface area contributed by atoms with Crippen molar-refractivity contribution in [2.24, 2.45) is 0 Å². The Morgan fingerprint density at radius 3 is 1.93 bits per heavy atom. The van der Waals surface area contributed by atoms with E-state index in [0.29, 0.717) is 11.3 Å². The summed E-state index contributed by atoms with van der Waals surface area (Å²) in [5, 5.41) is 2.70. The molecule has 0 spiro atoms. The van der Waals surface area contributed by atoms with E-state index in [-0.39, 0.29) is 23.8 Å². The average molecular weight is 570 g/mol. The first-order chi connectivity index (χ1) is 19.7. The van der Waals surface area contributed by atoms with Crippen molar-refractivity contribution in [1.82, 2.24) is 10.2 Å². The zero-order valence-electron chi connectivity index (χ0n) is 23.5. The fraction of sp³-hybridized carbons (Fsp3) is 0.212. The highest BCUT2D eigenvalue weighted by Gasteiger charge is 2.34. The van der Waals surface area contributed by atoms with E-state index < -0.39 is 28.5 Å². The van der Waals surface area contributed by atoms with Crippen LogP contribution in [0.1, 0.15) is 22.3 Å². The molecule has 0 fully saturated rings. The summed E-state index contributed by atoms with van der Waals surface area (Å²) in [7, 11) is -2.58. The number of sulfonamides is 1. The van der Waals surface area contributed by atoms with Crippen LogP contribution in [0, 0.1) is 13.8 Å². The zero-order chi connectivity index (χ0) is 29.4. The van der Waals surface area contributed by atoms with Crippen molar-refractivity contribution in [2.45, 2.75) is 37.8 Å². The lowest BCUT2D eigenvalue weighted by Gasteiger charge is -2.34. The van der Waals surface area contributed by atoms with Gasteiger partial charge in [-0.05, 0) is 54.3 Å². The SMILES string of the molecule is CNC(=O)C(Cc1ccccc1)N(Cc1ccccc1)C(=O)CN(c1cc(C)ccc1C)S(=O)(=O)c1ccccc1. The van der Waals surface area contributed by atoms with Crippen LogP contribution in [0.2, 0.25) is 0 Å². The van der Waals surface area contributed by atoms with Crippen LogP contribution in [-0.4, -0.2) is 44.8 Å². The second-order valence-corrected chi connectivity index (χ2v) is 11.8. The average Bonchev–Trinajstić information content (AvgIpc) is 3.00. The quantitative estimate of drug-likeness (QED) is 0.279. The van der Waals surface area contributed by atoms with Gasteiger partial charge in [0, 0.05) is 20.0 Å². The summed E-state index contributed by atoms with van der Waals surface area (Å²) in [4.78, 5) is 29.2. The molecule has 41 heavy (non-hydrogen) atoms. The number of anilines is 1. The summed E-state index contributed by atoms with van der Waals surface area (Å²) < 4.78 is 29.2. The summed E-state index contributed by atoms with van der Waals surface area (Å²) in [6.45, 7) is 3.35. The standard InChI is InChI=1S/C33H35N3O4S/c1-25-19-20-26(2)30(21-25)36(41(39,40)29-17-11-6-12-18-29)24-32(37)35(23-28-15-9-5-10-16-28)31(33(38)34-3)22-27-13-7-4-8-14-27/h4-21,31H,22-24H2,1-3H3,(H,34,38). The van der Waals surface area contributed by atoms with Crippen LogP contribution < -0.4 is 9.62 Å². The van der Waals surface area contributed by atoms with Crippen molar-refractivity contribution in [3.8, 4) is 0 Å². The van der Waals surface area contributed by atoms with Crippen molar-refractivity contribution >= 4 is 27.5 Å². The summed E-state index contributed by atoms with van der Waals surface area (Å²) in [5.41, 5.74) is 3.70. The molecule has 4 aromatic rings. The summed E-state index contributed by atoms with van der Waals surface area (Å²) in [6.07, 6.45) is 0.272. The molecule has 4 aromatic carbocycles. The van der Waals surface area contributed by atoms with Gasteiger partial charge in [-0.1, -0.05) is 91.0 Å². The fourth-order valence-corrected chi connectivity index (χ4v) is 6.21. The van der Waals surface area contributed by atoms with Gasteiger partial charge in [0.15, 0.2) is 0 Å². The molecule has 0 radical (unpaired) electrons. The lowest BCUT2D eigenvalue weighted by molar-refractivity contribution is -0.139. The van der Waals surface area contributed by atoms with Gasteiger partial charge in [-0.25, -0.2) is 8.42 Å². The van der Waals surface area contributed by atoms with Crippen LogP contribution in [0.15, 0.2) is 114 Å². The smallest absolute Gasteiger partial charge is 0.264 e. The van der Waals surface area contributed by atoms with E-state index in [0.717, 1.165) is 21.0 Å². The van der Waals surface area contributed by atoms with Crippen LogP contribution in [0.5, 0.6) is 0 Å². The minimum absolute atomic E-state index is 0.0791. The van der Waals surface area contributed by atoms with Crippen molar-refractivity contribution in [1.29, 1.82) is 0 Å². The molecule has 2 amide bonds. The molecule has 212 valence electrons. The van der Waals surface area contributed by atoms with Crippen LogP contribution in [-0.2, 0) is 32.6 Å². The maximum absolute atomic E-state index is 14.3. The Morgan fingerprint density at radius 1 is 0.780 bits per heavy atom. The molecule has 0 aliphatic carbocycles. The number of amides is 2. The molecule has 0 aliphatic rings. The number of aryl methyl sites for hydroxylation is 2. The Hall–Kier alpha value is -4.43. The van der Waals surface area contributed by atoms with E-state index in [1.807, 2.05) is 86.6 Å². The van der Waals surface area contributed by atoms with Crippen molar-refractivity contribution in [2.75, 3.05) is 17.9 Å². The Bertz CT molecular complexity index is 1580. The van der Waals surface area contributed by atoms with Gasteiger partial charge < -0.3 is 10.2 Å². The number of likely N-dealkylation sites (N-methyl/N-ethyl adjacent to an activating group) is 1. The van der Waals surface area contributed by atoms with E-state index in [9.17, 15) is 18.0 Å². The number of rotatable bonds is 11. The summed E-state index contributed by atoms with van der Waals surface area (Å²) in [6, 6.07) is 31.6. The molecule has 0 saturated carbocycles. The fourth-order valence-electron chi connectivity index (χ4n) is 4.72. The third-order valence-corrected chi connectivity index (χ3v) is 8.73. The first kappa shape index (κ1) is 29.6. The van der Waals surface area contributed by atoms with Crippen molar-refractivity contribution < 1.29 is 18.0 Å². The van der Waals surface area contributed by atoms with Crippen LogP contribution in [0.4, 0.5) is 5.69 Å². The highest BCUT2D eigenvalue weighted by atomic mass is 32.2. The molecule has 0 bridgehead atoms. The summed E-state index contributed by atoms with van der Waals surface area (Å²) >= 11 is 0. The molecule has 8 heteroatoms. The van der Waals surface area contributed by atoms with Gasteiger partial charge in [0.1, 0.15) is 12.6 Å². The summed E-state index contributed by atoms with van der Waals surface area (Å²) in [5.74, 6) is -0.818. The second-order valence-electron chi connectivity index (χ2n) is 9.94. The highest BCUT2D eigenvalue weighted by Crippen LogP contribution is 2.28. The van der Waals surface area contributed by atoms with Gasteiger partial charge in [0.25, 0.3) is 10.0 Å². The lowest BCUT2D eigenvalue weighted by atomic mass is 10.0. The second kappa shape index (κ2) is 13.3. The molecule has 1 unspecified atom stereocenters. The molecule has 0 heterocycles. The first-order valence-corrected chi connectivity index (χ1v) is 14.9. The van der Waals surface area contributed by atoms with E-state index in [1.165, 1.54) is 24.1 Å². The monoisotopic (exact) mass is 569 g/mol. The minimum atomic E-state index is -4.12. The van der Waals surface area contributed by atoms with E-state index in [1.54, 1.807) is 24.3 Å². The molecule has 0 saturated heterocycles. The van der Waals surface area contributed by atoms with E-state index in [2.05, 4.69) is 5.32 Å². The number of benzene rings is 4. The molecule has 0 aliphatic heterocycles. The zero-order valence-corrected chi connectivity index (χ0v) is 24.3. The Kier molecular flexibility index (Phi) is 9.57. The van der Waals surface area contributed by atoms with Gasteiger partial charge in [-0.3, -0.25) is 13.9 Å². The largest absolute Gasteiger partial charge is 0.357 e. The predicted octanol–water partition coefficient (Wildman–Crippen LogP) is 4.88. The highest BCUT2D eigenvalue weighted by molar-refractivity contribution is 7.92. The van der Waals surface area contributed by atoms with Crippen LogP contribution >= 0.6 is 0 Å². The maximum atomic E-state index is 14.3. The molecular formula is C33H35N3O4S. The lowest BCUT2D eigenvalue weighted by Crippen LogP contribution is -2.53. The number of carbonyl (C=O) groups excluding carboxylic acids is 2. The topological polar surface area (TPSA) is 86.8 Å². The molecular weight excluding hydrogens is 534 g/mol. The van der Waals surface area contributed by atoms with E-state index in [4.69, 9.17) is 0 Å². The third kappa shape index (κ3) is 7.21. The first-order valence-electron chi connectivity index (χ1n) is 13.4. The molecule has 1 atom stereocenters. The van der Waals surface area contributed by atoms with Crippen molar-refractivity contribution in [3.05, 3.63) is 131 Å². The van der Waals surface area contributed by atoms with Gasteiger partial charge >= 0.3 is 0 Å². The predicted molar refractivity (Wildman–Crippen MR) is 162 cm³/mol. The Morgan fingerprint density at radius 2 is 1.34 bits per heavy atom. The molecule has 0 aromatic heterocycles. The Balaban J connectivity index is 1.80. The number of carbonyl (C=O) groups is 2. The molecule has 7 nitrogen and oxygen atoms in total. The minimum Gasteiger partial charge on any atom is -0.357 e. The third-order valence-electron chi connectivity index (χ3n) is 6.96. The van der Waals surface area contributed by atoms with Gasteiger partial charge in [0.2, 0.25) is 11.8 Å².